The van der Waals surface area contributed by atoms with E-state index < -0.39 is 0 Å². The molecule has 1 aliphatic rings. The summed E-state index contributed by atoms with van der Waals surface area (Å²) in [6, 6.07) is 7.88. The highest BCUT2D eigenvalue weighted by molar-refractivity contribution is 5.76. The van der Waals surface area contributed by atoms with Crippen LogP contribution in [0, 0.1) is 13.8 Å². The van der Waals surface area contributed by atoms with Gasteiger partial charge in [0.2, 0.25) is 5.91 Å². The number of carbonyl (C=O) groups excluding carboxylic acids is 1. The SMILES string of the molecule is Cc1ccc(-n2ncc3c(=O)n(CCC(=O)NCC4CCCO4)c(C)nc32)cc1. The van der Waals surface area contributed by atoms with Crippen molar-refractivity contribution < 1.29 is 9.53 Å². The van der Waals surface area contributed by atoms with Crippen molar-refractivity contribution in [1.82, 2.24) is 24.6 Å². The van der Waals surface area contributed by atoms with Crippen molar-refractivity contribution in [3.8, 4) is 5.69 Å². The number of hydrogen-bond acceptors (Lipinski definition) is 5. The minimum atomic E-state index is -0.183. The average molecular weight is 395 g/mol. The van der Waals surface area contributed by atoms with Crippen LogP contribution in [0.3, 0.4) is 0 Å². The predicted molar refractivity (Wildman–Crippen MR) is 109 cm³/mol. The monoisotopic (exact) mass is 395 g/mol. The number of rotatable bonds is 6. The van der Waals surface area contributed by atoms with Crippen LogP contribution in [0.4, 0.5) is 0 Å². The molecule has 0 aliphatic carbocycles. The summed E-state index contributed by atoms with van der Waals surface area (Å²) in [7, 11) is 0. The second kappa shape index (κ2) is 8.16. The summed E-state index contributed by atoms with van der Waals surface area (Å²) >= 11 is 0. The van der Waals surface area contributed by atoms with Crippen molar-refractivity contribution in [1.29, 1.82) is 0 Å². The van der Waals surface area contributed by atoms with E-state index in [-0.39, 0.29) is 30.5 Å². The van der Waals surface area contributed by atoms with Crippen molar-refractivity contribution in [3.05, 3.63) is 52.2 Å². The zero-order valence-electron chi connectivity index (χ0n) is 16.7. The maximum atomic E-state index is 12.9. The lowest BCUT2D eigenvalue weighted by atomic mass is 10.2. The molecule has 4 rings (SSSR count). The van der Waals surface area contributed by atoms with Crippen LogP contribution in [-0.4, -0.2) is 44.5 Å². The van der Waals surface area contributed by atoms with E-state index in [1.165, 1.54) is 10.8 Å². The molecule has 3 heterocycles. The van der Waals surface area contributed by atoms with Crippen molar-refractivity contribution in [2.24, 2.45) is 0 Å². The van der Waals surface area contributed by atoms with Gasteiger partial charge >= 0.3 is 0 Å². The lowest BCUT2D eigenvalue weighted by molar-refractivity contribution is -0.121. The van der Waals surface area contributed by atoms with Crippen LogP contribution in [-0.2, 0) is 16.1 Å². The van der Waals surface area contributed by atoms with Crippen LogP contribution in [0.1, 0.15) is 30.7 Å². The largest absolute Gasteiger partial charge is 0.376 e. The van der Waals surface area contributed by atoms with E-state index in [4.69, 9.17) is 4.74 Å². The molecular weight excluding hydrogens is 370 g/mol. The molecule has 0 saturated carbocycles. The molecule has 1 atom stereocenters. The summed E-state index contributed by atoms with van der Waals surface area (Å²) < 4.78 is 8.71. The van der Waals surface area contributed by atoms with Gasteiger partial charge in [-0.1, -0.05) is 17.7 Å². The van der Waals surface area contributed by atoms with Crippen LogP contribution in [0.15, 0.2) is 35.3 Å². The van der Waals surface area contributed by atoms with E-state index in [1.54, 1.807) is 11.6 Å². The highest BCUT2D eigenvalue weighted by Gasteiger charge is 2.17. The number of nitrogens with one attached hydrogen (secondary N) is 1. The van der Waals surface area contributed by atoms with Crippen LogP contribution >= 0.6 is 0 Å². The Hall–Kier alpha value is -3.00. The average Bonchev–Trinajstić information content (AvgIpc) is 3.37. The molecule has 2 aromatic heterocycles. The van der Waals surface area contributed by atoms with Gasteiger partial charge in [0, 0.05) is 26.1 Å². The molecule has 1 aliphatic heterocycles. The topological polar surface area (TPSA) is 91.0 Å². The lowest BCUT2D eigenvalue weighted by Gasteiger charge is -2.12. The number of aryl methyl sites for hydroxylation is 2. The molecule has 1 unspecified atom stereocenters. The van der Waals surface area contributed by atoms with E-state index in [0.717, 1.165) is 30.7 Å². The zero-order valence-corrected chi connectivity index (χ0v) is 16.7. The minimum Gasteiger partial charge on any atom is -0.376 e. The Morgan fingerprint density at radius 3 is 2.79 bits per heavy atom. The Bertz CT molecular complexity index is 1080. The van der Waals surface area contributed by atoms with Gasteiger partial charge in [-0.15, -0.1) is 0 Å². The molecule has 0 spiro atoms. The third-order valence-electron chi connectivity index (χ3n) is 5.27. The maximum absolute atomic E-state index is 12.9. The number of carbonyl (C=O) groups is 1. The van der Waals surface area contributed by atoms with Gasteiger partial charge in [0.25, 0.3) is 5.56 Å². The quantitative estimate of drug-likeness (QED) is 0.688. The molecule has 29 heavy (non-hydrogen) atoms. The van der Waals surface area contributed by atoms with Crippen molar-refractivity contribution in [3.63, 3.8) is 0 Å². The van der Waals surface area contributed by atoms with Gasteiger partial charge in [-0.2, -0.15) is 5.10 Å². The first-order valence-electron chi connectivity index (χ1n) is 9.93. The predicted octanol–water partition coefficient (Wildman–Crippen LogP) is 1.88. The molecule has 1 aromatic carbocycles. The summed E-state index contributed by atoms with van der Waals surface area (Å²) in [5.41, 5.74) is 2.34. The fraction of sp³-hybridized carbons (Fsp3) is 0.429. The van der Waals surface area contributed by atoms with Crippen molar-refractivity contribution >= 4 is 16.9 Å². The fourth-order valence-corrected chi connectivity index (χ4v) is 3.58. The number of fused-ring (bicyclic) bond motifs is 1. The first-order chi connectivity index (χ1) is 14.0. The molecule has 0 radical (unpaired) electrons. The van der Waals surface area contributed by atoms with Crippen molar-refractivity contribution in [2.75, 3.05) is 13.2 Å². The van der Waals surface area contributed by atoms with E-state index in [2.05, 4.69) is 15.4 Å². The molecule has 8 heteroatoms. The molecular formula is C21H25N5O3. The normalized spacial score (nSPS) is 16.4. The first kappa shape index (κ1) is 19.3. The smallest absolute Gasteiger partial charge is 0.264 e. The highest BCUT2D eigenvalue weighted by Crippen LogP contribution is 2.15. The van der Waals surface area contributed by atoms with Crippen molar-refractivity contribution in [2.45, 2.75) is 45.8 Å². The van der Waals surface area contributed by atoms with Gasteiger partial charge in [0.15, 0.2) is 5.65 Å². The highest BCUT2D eigenvalue weighted by atomic mass is 16.5. The van der Waals surface area contributed by atoms with Crippen LogP contribution in [0.5, 0.6) is 0 Å². The summed E-state index contributed by atoms with van der Waals surface area (Å²) in [6.45, 7) is 5.35. The molecule has 1 saturated heterocycles. The second-order valence-electron chi connectivity index (χ2n) is 7.43. The first-order valence-corrected chi connectivity index (χ1v) is 9.93. The molecule has 1 amide bonds. The molecule has 1 fully saturated rings. The van der Waals surface area contributed by atoms with Gasteiger partial charge in [-0.25, -0.2) is 9.67 Å². The Kier molecular flexibility index (Phi) is 5.44. The molecule has 0 bridgehead atoms. The minimum absolute atomic E-state index is 0.0951. The van der Waals surface area contributed by atoms with E-state index >= 15 is 0 Å². The number of benzene rings is 1. The number of amides is 1. The molecule has 8 nitrogen and oxygen atoms in total. The van der Waals surface area contributed by atoms with E-state index in [9.17, 15) is 9.59 Å². The lowest BCUT2D eigenvalue weighted by Crippen LogP contribution is -2.33. The number of aromatic nitrogens is 4. The third-order valence-corrected chi connectivity index (χ3v) is 5.27. The Morgan fingerprint density at radius 2 is 2.07 bits per heavy atom. The van der Waals surface area contributed by atoms with Crippen LogP contribution < -0.4 is 10.9 Å². The second-order valence-corrected chi connectivity index (χ2v) is 7.43. The Balaban J connectivity index is 1.51. The van der Waals surface area contributed by atoms with Gasteiger partial charge in [0.1, 0.15) is 11.2 Å². The number of nitrogens with zero attached hydrogens (tertiary/aromatic N) is 4. The van der Waals surface area contributed by atoms with Gasteiger partial charge in [-0.05, 0) is 38.8 Å². The Labute approximate surface area is 168 Å². The fourth-order valence-electron chi connectivity index (χ4n) is 3.58. The van der Waals surface area contributed by atoms with Crippen LogP contribution in [0.25, 0.3) is 16.7 Å². The molecule has 152 valence electrons. The van der Waals surface area contributed by atoms with Gasteiger partial charge in [0.05, 0.1) is 18.0 Å². The summed E-state index contributed by atoms with van der Waals surface area (Å²) in [5, 5.41) is 7.68. The number of ether oxygens (including phenoxy) is 1. The number of hydrogen-bond donors (Lipinski definition) is 1. The van der Waals surface area contributed by atoms with Gasteiger partial charge < -0.3 is 10.1 Å². The molecule has 1 N–H and O–H groups in total. The van der Waals surface area contributed by atoms with E-state index in [0.29, 0.717) is 23.4 Å². The Morgan fingerprint density at radius 1 is 1.28 bits per heavy atom. The maximum Gasteiger partial charge on any atom is 0.264 e. The standard InChI is InChI=1S/C21H25N5O3/c1-14-5-7-16(8-6-14)26-20-18(13-23-26)21(28)25(15(2)24-20)10-9-19(27)22-12-17-4-3-11-29-17/h5-8,13,17H,3-4,9-12H2,1-2H3,(H,22,27). The summed E-state index contributed by atoms with van der Waals surface area (Å²) in [4.78, 5) is 29.7. The van der Waals surface area contributed by atoms with E-state index in [1.807, 2.05) is 31.2 Å². The molecule has 3 aromatic rings. The summed E-state index contributed by atoms with van der Waals surface area (Å²) in [6.07, 6.45) is 3.88. The van der Waals surface area contributed by atoms with Crippen LogP contribution in [0.2, 0.25) is 0 Å². The third kappa shape index (κ3) is 4.07. The zero-order chi connectivity index (χ0) is 20.4. The summed E-state index contributed by atoms with van der Waals surface area (Å²) in [5.74, 6) is 0.463. The van der Waals surface area contributed by atoms with Gasteiger partial charge in [-0.3, -0.25) is 14.2 Å².